The molecule has 0 aliphatic carbocycles. The molecule has 0 spiro atoms. The summed E-state index contributed by atoms with van der Waals surface area (Å²) in [6, 6.07) is 0.383. The first kappa shape index (κ1) is 14.9. The van der Waals surface area contributed by atoms with E-state index in [0.717, 1.165) is 18.0 Å². The number of carboxylic acid groups (broad SMARTS) is 1. The number of ether oxygens (including phenoxy) is 1. The third-order valence-corrected chi connectivity index (χ3v) is 4.13. The first-order valence-electron chi connectivity index (χ1n) is 5.99. The van der Waals surface area contributed by atoms with Crippen LogP contribution in [0.4, 0.5) is 5.13 Å². The van der Waals surface area contributed by atoms with E-state index in [4.69, 9.17) is 9.84 Å². The van der Waals surface area contributed by atoms with E-state index in [0.29, 0.717) is 11.7 Å². The lowest BCUT2D eigenvalue weighted by Crippen LogP contribution is -2.30. The Morgan fingerprint density at radius 2 is 2.11 bits per heavy atom. The highest BCUT2D eigenvalue weighted by atomic mass is 32.1. The Morgan fingerprint density at radius 3 is 2.56 bits per heavy atom. The Balaban J connectivity index is 3.03. The zero-order chi connectivity index (χ0) is 13.7. The van der Waals surface area contributed by atoms with Crippen LogP contribution in [0.3, 0.4) is 0 Å². The summed E-state index contributed by atoms with van der Waals surface area (Å²) in [5.41, 5.74) is 0.503. The van der Waals surface area contributed by atoms with E-state index >= 15 is 0 Å². The van der Waals surface area contributed by atoms with Crippen molar-refractivity contribution in [2.45, 2.75) is 39.3 Å². The summed E-state index contributed by atoms with van der Waals surface area (Å²) >= 11 is 1.21. The fourth-order valence-corrected chi connectivity index (χ4v) is 2.83. The molecule has 0 saturated carbocycles. The van der Waals surface area contributed by atoms with Crippen LogP contribution in [0.25, 0.3) is 0 Å². The second-order valence-electron chi connectivity index (χ2n) is 4.09. The third kappa shape index (κ3) is 3.20. The van der Waals surface area contributed by atoms with Gasteiger partial charge in [-0.15, -0.1) is 0 Å². The van der Waals surface area contributed by atoms with Crippen molar-refractivity contribution in [2.75, 3.05) is 19.1 Å². The van der Waals surface area contributed by atoms with Crippen LogP contribution in [0, 0.1) is 0 Å². The minimum absolute atomic E-state index is 0.231. The van der Waals surface area contributed by atoms with Crippen LogP contribution in [0.2, 0.25) is 0 Å². The number of carbonyl (C=O) groups is 1. The van der Waals surface area contributed by atoms with Crippen LogP contribution in [0.15, 0.2) is 0 Å². The van der Waals surface area contributed by atoms with E-state index in [2.05, 4.69) is 23.7 Å². The first-order chi connectivity index (χ1) is 8.54. The van der Waals surface area contributed by atoms with Gasteiger partial charge in [-0.3, -0.25) is 0 Å². The molecule has 0 radical (unpaired) electrons. The van der Waals surface area contributed by atoms with Gasteiger partial charge in [-0.25, -0.2) is 9.78 Å². The minimum atomic E-state index is -0.941. The van der Waals surface area contributed by atoms with Crippen molar-refractivity contribution in [2.24, 2.45) is 0 Å². The predicted molar refractivity (Wildman–Crippen MR) is 72.6 cm³/mol. The molecule has 0 aromatic carbocycles. The lowest BCUT2D eigenvalue weighted by Gasteiger charge is -2.25. The van der Waals surface area contributed by atoms with Crippen molar-refractivity contribution >= 4 is 22.4 Å². The molecule has 1 aromatic heterocycles. The van der Waals surface area contributed by atoms with Crippen LogP contribution in [0.1, 0.15) is 42.1 Å². The van der Waals surface area contributed by atoms with E-state index in [1.165, 1.54) is 18.4 Å². The van der Waals surface area contributed by atoms with Crippen molar-refractivity contribution in [3.63, 3.8) is 0 Å². The molecule has 0 unspecified atom stereocenters. The van der Waals surface area contributed by atoms with E-state index in [-0.39, 0.29) is 11.5 Å². The van der Waals surface area contributed by atoms with E-state index in [1.54, 1.807) is 0 Å². The maximum Gasteiger partial charge on any atom is 0.347 e. The third-order valence-electron chi connectivity index (χ3n) is 2.95. The Labute approximate surface area is 111 Å². The molecule has 18 heavy (non-hydrogen) atoms. The largest absolute Gasteiger partial charge is 0.477 e. The summed E-state index contributed by atoms with van der Waals surface area (Å²) < 4.78 is 4.99. The van der Waals surface area contributed by atoms with Crippen LogP contribution >= 0.6 is 11.3 Å². The van der Waals surface area contributed by atoms with Gasteiger partial charge in [0, 0.05) is 20.2 Å². The molecule has 0 saturated heterocycles. The number of rotatable bonds is 7. The zero-order valence-electron chi connectivity index (χ0n) is 11.3. The van der Waals surface area contributed by atoms with Gasteiger partial charge in [-0.05, 0) is 12.8 Å². The van der Waals surface area contributed by atoms with Gasteiger partial charge in [0.25, 0.3) is 0 Å². The molecule has 6 heteroatoms. The Morgan fingerprint density at radius 1 is 1.50 bits per heavy atom. The first-order valence-corrected chi connectivity index (χ1v) is 6.81. The molecular formula is C12H20N2O3S. The monoisotopic (exact) mass is 272 g/mol. The Bertz CT molecular complexity index is 402. The average Bonchev–Trinajstić information content (AvgIpc) is 2.75. The molecule has 0 fully saturated rings. The number of thiazole rings is 1. The minimum Gasteiger partial charge on any atom is -0.477 e. The number of methoxy groups -OCH3 is 1. The number of aromatic nitrogens is 1. The fourth-order valence-electron chi connectivity index (χ4n) is 1.88. The van der Waals surface area contributed by atoms with Gasteiger partial charge in [0.05, 0.1) is 12.3 Å². The van der Waals surface area contributed by atoms with Crippen LogP contribution < -0.4 is 4.90 Å². The maximum atomic E-state index is 11.1. The van der Waals surface area contributed by atoms with E-state index in [1.807, 2.05) is 7.05 Å². The molecule has 0 aliphatic heterocycles. The highest BCUT2D eigenvalue weighted by Crippen LogP contribution is 2.28. The molecule has 1 aromatic rings. The molecule has 0 amide bonds. The molecule has 102 valence electrons. The molecule has 1 heterocycles. The van der Waals surface area contributed by atoms with Crippen molar-refractivity contribution in [3.8, 4) is 0 Å². The van der Waals surface area contributed by atoms with Crippen molar-refractivity contribution in [3.05, 3.63) is 10.6 Å². The molecule has 0 aliphatic rings. The maximum absolute atomic E-state index is 11.1. The van der Waals surface area contributed by atoms with Gasteiger partial charge in [0.1, 0.15) is 4.88 Å². The van der Waals surface area contributed by atoms with Gasteiger partial charge >= 0.3 is 5.97 Å². The van der Waals surface area contributed by atoms with Crippen LogP contribution in [-0.4, -0.2) is 36.3 Å². The molecule has 1 rings (SSSR count). The zero-order valence-corrected chi connectivity index (χ0v) is 12.1. The fraction of sp³-hybridized carbons (Fsp3) is 0.667. The number of anilines is 1. The number of hydrogen-bond donors (Lipinski definition) is 1. The number of nitrogens with zero attached hydrogens (tertiary/aromatic N) is 2. The second-order valence-corrected chi connectivity index (χ2v) is 5.07. The highest BCUT2D eigenvalue weighted by molar-refractivity contribution is 7.17. The van der Waals surface area contributed by atoms with Crippen molar-refractivity contribution < 1.29 is 14.6 Å². The van der Waals surface area contributed by atoms with Gasteiger partial charge in [-0.1, -0.05) is 25.2 Å². The second kappa shape index (κ2) is 6.70. The van der Waals surface area contributed by atoms with E-state index in [9.17, 15) is 4.79 Å². The lowest BCUT2D eigenvalue weighted by atomic mass is 10.1. The van der Waals surface area contributed by atoms with Gasteiger partial charge in [0.15, 0.2) is 5.13 Å². The quantitative estimate of drug-likeness (QED) is 0.826. The molecule has 0 atom stereocenters. The molecular weight excluding hydrogens is 252 g/mol. The number of aromatic carboxylic acids is 1. The van der Waals surface area contributed by atoms with Crippen molar-refractivity contribution in [1.29, 1.82) is 0 Å². The van der Waals surface area contributed by atoms with Gasteiger partial charge in [-0.2, -0.15) is 0 Å². The van der Waals surface area contributed by atoms with Gasteiger partial charge < -0.3 is 14.7 Å². The predicted octanol–water partition coefficient (Wildman–Crippen LogP) is 2.61. The summed E-state index contributed by atoms with van der Waals surface area (Å²) in [7, 11) is 3.49. The smallest absolute Gasteiger partial charge is 0.347 e. The summed E-state index contributed by atoms with van der Waals surface area (Å²) in [5.74, 6) is -0.941. The topological polar surface area (TPSA) is 62.7 Å². The van der Waals surface area contributed by atoms with Crippen LogP contribution in [0.5, 0.6) is 0 Å². The number of hydrogen-bond acceptors (Lipinski definition) is 5. The van der Waals surface area contributed by atoms with Crippen LogP contribution in [-0.2, 0) is 11.3 Å². The summed E-state index contributed by atoms with van der Waals surface area (Å²) in [6.45, 7) is 4.47. The molecule has 1 N–H and O–H groups in total. The number of carboxylic acids is 1. The summed E-state index contributed by atoms with van der Waals surface area (Å²) in [5, 5.41) is 9.88. The summed E-state index contributed by atoms with van der Waals surface area (Å²) in [6.07, 6.45) is 2.02. The average molecular weight is 272 g/mol. The Kier molecular flexibility index (Phi) is 5.55. The summed E-state index contributed by atoms with van der Waals surface area (Å²) in [4.78, 5) is 17.8. The van der Waals surface area contributed by atoms with Crippen molar-refractivity contribution in [1.82, 2.24) is 4.98 Å². The SMILES string of the molecule is CCC(CC)N(C)c1nc(COC)c(C(=O)O)s1. The van der Waals surface area contributed by atoms with Gasteiger partial charge in [0.2, 0.25) is 0 Å². The normalized spacial score (nSPS) is 10.9. The van der Waals surface area contributed by atoms with E-state index < -0.39 is 5.97 Å². The lowest BCUT2D eigenvalue weighted by molar-refractivity contribution is 0.0697. The highest BCUT2D eigenvalue weighted by Gasteiger charge is 2.21. The molecule has 5 nitrogen and oxygen atoms in total. The standard InChI is InChI=1S/C12H20N2O3S/c1-5-8(6-2)14(3)12-13-9(7-17-4)10(18-12)11(15)16/h8H,5-7H2,1-4H3,(H,15,16). The Hall–Kier alpha value is -1.14. The molecule has 0 bridgehead atoms.